The number of benzene rings is 3. The van der Waals surface area contributed by atoms with Gasteiger partial charge in [-0.1, -0.05) is 35.5 Å². The van der Waals surface area contributed by atoms with Crippen LogP contribution < -0.4 is 15.2 Å². The molecule has 27 heavy (non-hydrogen) atoms. The number of methoxy groups -OCH3 is 1. The zero-order valence-electron chi connectivity index (χ0n) is 15.3. The third kappa shape index (κ3) is 3.52. The second kappa shape index (κ2) is 7.17. The van der Waals surface area contributed by atoms with Crippen molar-refractivity contribution in [2.45, 2.75) is 13.2 Å². The molecule has 1 unspecified atom stereocenters. The molecule has 1 aromatic heterocycles. The average molecular weight is 361 g/mol. The van der Waals surface area contributed by atoms with Gasteiger partial charge in [-0.3, -0.25) is 4.79 Å². The first-order valence-corrected chi connectivity index (χ1v) is 8.84. The zero-order chi connectivity index (χ0) is 18.8. The van der Waals surface area contributed by atoms with E-state index in [0.29, 0.717) is 17.6 Å². The van der Waals surface area contributed by atoms with Crippen LogP contribution in [0, 0.1) is 0 Å². The van der Waals surface area contributed by atoms with Crippen molar-refractivity contribution in [2.75, 3.05) is 14.2 Å². The van der Waals surface area contributed by atoms with Gasteiger partial charge in [0.1, 0.15) is 17.8 Å². The predicted molar refractivity (Wildman–Crippen MR) is 105 cm³/mol. The number of quaternary nitrogens is 1. The van der Waals surface area contributed by atoms with Crippen LogP contribution in [0.3, 0.4) is 0 Å². The Morgan fingerprint density at radius 2 is 1.81 bits per heavy atom. The average Bonchev–Trinajstić information content (AvgIpc) is 2.70. The lowest BCUT2D eigenvalue weighted by molar-refractivity contribution is -0.917. The van der Waals surface area contributed by atoms with Crippen LogP contribution in [-0.2, 0) is 13.2 Å². The van der Waals surface area contributed by atoms with Crippen LogP contribution in [0.4, 0.5) is 0 Å². The second-order valence-electron chi connectivity index (χ2n) is 6.75. The van der Waals surface area contributed by atoms with Crippen LogP contribution in [0.15, 0.2) is 65.5 Å². The summed E-state index contributed by atoms with van der Waals surface area (Å²) in [5, 5.41) is 11.1. The van der Waals surface area contributed by atoms with Crippen molar-refractivity contribution in [3.05, 3.63) is 76.6 Å². The number of nitrogens with one attached hydrogen (secondary N) is 1. The summed E-state index contributed by atoms with van der Waals surface area (Å²) >= 11 is 0. The Labute approximate surface area is 156 Å². The van der Waals surface area contributed by atoms with E-state index in [-0.39, 0.29) is 5.56 Å². The fourth-order valence-corrected chi connectivity index (χ4v) is 3.30. The van der Waals surface area contributed by atoms with Crippen LogP contribution in [0.25, 0.3) is 21.7 Å². The molecule has 0 radical (unpaired) electrons. The maximum atomic E-state index is 12.6. The highest BCUT2D eigenvalue weighted by Crippen LogP contribution is 2.21. The van der Waals surface area contributed by atoms with Crippen molar-refractivity contribution in [3.63, 3.8) is 0 Å². The molecule has 0 bridgehead atoms. The third-order valence-corrected chi connectivity index (χ3v) is 4.67. The molecule has 0 aliphatic carbocycles. The van der Waals surface area contributed by atoms with Gasteiger partial charge in [0.15, 0.2) is 6.67 Å². The predicted octanol–water partition coefficient (Wildman–Crippen LogP) is 1.63. The van der Waals surface area contributed by atoms with E-state index in [1.165, 1.54) is 15.6 Å². The molecule has 1 N–H and O–H groups in total. The Morgan fingerprint density at radius 3 is 2.67 bits per heavy atom. The minimum absolute atomic E-state index is 0.106. The lowest BCUT2D eigenvalue weighted by Crippen LogP contribution is -3.07. The summed E-state index contributed by atoms with van der Waals surface area (Å²) in [5.41, 5.74) is 1.72. The molecule has 6 heteroatoms. The van der Waals surface area contributed by atoms with Crippen molar-refractivity contribution in [1.82, 2.24) is 15.0 Å². The largest absolute Gasteiger partial charge is 0.497 e. The van der Waals surface area contributed by atoms with Gasteiger partial charge in [0, 0.05) is 5.56 Å². The van der Waals surface area contributed by atoms with E-state index in [4.69, 9.17) is 4.74 Å². The second-order valence-corrected chi connectivity index (χ2v) is 6.75. The molecule has 3 aromatic carbocycles. The highest BCUT2D eigenvalue weighted by molar-refractivity contribution is 5.84. The zero-order valence-corrected chi connectivity index (χ0v) is 15.3. The normalized spacial score (nSPS) is 12.4. The summed E-state index contributed by atoms with van der Waals surface area (Å²) in [6.45, 7) is 1.24. The van der Waals surface area contributed by atoms with Gasteiger partial charge in [-0.25, -0.2) is 0 Å². The monoisotopic (exact) mass is 361 g/mol. The van der Waals surface area contributed by atoms with Crippen LogP contribution in [-0.4, -0.2) is 29.2 Å². The molecule has 0 fully saturated rings. The molecule has 4 aromatic rings. The lowest BCUT2D eigenvalue weighted by Gasteiger charge is -2.15. The summed E-state index contributed by atoms with van der Waals surface area (Å²) in [6, 6.07) is 19.7. The van der Waals surface area contributed by atoms with E-state index in [0.717, 1.165) is 22.6 Å². The van der Waals surface area contributed by atoms with Gasteiger partial charge in [0.2, 0.25) is 0 Å². The van der Waals surface area contributed by atoms with Gasteiger partial charge < -0.3 is 9.64 Å². The standard InChI is InChI=1S/C21H20N4O2/c1-24(14-25-21(26)19-5-3-4-6-20(19)22-23-25)13-15-7-8-17-12-18(27-2)10-9-16(17)11-15/h3-12H,13-14H2,1-2H3/p+1. The van der Waals surface area contributed by atoms with Gasteiger partial charge in [0.25, 0.3) is 5.56 Å². The molecular formula is C21H21N4O2+. The summed E-state index contributed by atoms with van der Waals surface area (Å²) in [4.78, 5) is 13.7. The molecule has 0 spiro atoms. The first kappa shape index (κ1) is 17.2. The number of hydrogen-bond donors (Lipinski definition) is 1. The summed E-state index contributed by atoms with van der Waals surface area (Å²) < 4.78 is 6.71. The molecule has 1 atom stereocenters. The van der Waals surface area contributed by atoms with Gasteiger partial charge in [-0.05, 0) is 41.1 Å². The van der Waals surface area contributed by atoms with Crippen LogP contribution in [0.2, 0.25) is 0 Å². The minimum Gasteiger partial charge on any atom is -0.497 e. The van der Waals surface area contributed by atoms with Gasteiger partial charge in [-0.15, -0.1) is 5.10 Å². The van der Waals surface area contributed by atoms with Crippen molar-refractivity contribution >= 4 is 21.7 Å². The molecule has 0 amide bonds. The fourth-order valence-electron chi connectivity index (χ4n) is 3.30. The molecule has 4 rings (SSSR count). The molecule has 0 aliphatic heterocycles. The summed E-state index contributed by atoms with van der Waals surface area (Å²) in [7, 11) is 3.72. The van der Waals surface area contributed by atoms with E-state index in [2.05, 4.69) is 34.6 Å². The molecule has 136 valence electrons. The molecule has 6 nitrogen and oxygen atoms in total. The number of hydrogen-bond acceptors (Lipinski definition) is 4. The highest BCUT2D eigenvalue weighted by atomic mass is 16.5. The smallest absolute Gasteiger partial charge is 0.282 e. The number of nitrogens with zero attached hydrogens (tertiary/aromatic N) is 3. The molecular weight excluding hydrogens is 340 g/mol. The molecule has 0 saturated heterocycles. The molecule has 0 aliphatic rings. The summed E-state index contributed by atoms with van der Waals surface area (Å²) in [6.07, 6.45) is 0. The SMILES string of the molecule is COc1ccc2cc(C[NH+](C)Cn3nnc4ccccc4c3=O)ccc2c1. The third-order valence-electron chi connectivity index (χ3n) is 4.67. The van der Waals surface area contributed by atoms with Crippen molar-refractivity contribution in [2.24, 2.45) is 0 Å². The van der Waals surface area contributed by atoms with Gasteiger partial charge in [-0.2, -0.15) is 4.68 Å². The minimum atomic E-state index is -0.106. The van der Waals surface area contributed by atoms with Gasteiger partial charge >= 0.3 is 0 Å². The van der Waals surface area contributed by atoms with Crippen LogP contribution in [0.5, 0.6) is 5.75 Å². The number of fused-ring (bicyclic) bond motifs is 2. The van der Waals surface area contributed by atoms with E-state index >= 15 is 0 Å². The first-order valence-electron chi connectivity index (χ1n) is 8.84. The van der Waals surface area contributed by atoms with Crippen molar-refractivity contribution in [3.8, 4) is 5.75 Å². The Balaban J connectivity index is 1.54. The van der Waals surface area contributed by atoms with Crippen molar-refractivity contribution < 1.29 is 9.64 Å². The maximum Gasteiger partial charge on any atom is 0.282 e. The van der Waals surface area contributed by atoms with E-state index in [1.807, 2.05) is 31.3 Å². The fraction of sp³-hybridized carbons (Fsp3) is 0.190. The Kier molecular flexibility index (Phi) is 4.56. The quantitative estimate of drug-likeness (QED) is 0.587. The Morgan fingerprint density at radius 1 is 1.04 bits per heavy atom. The summed E-state index contributed by atoms with van der Waals surface area (Å²) in [5.74, 6) is 0.854. The molecule has 1 heterocycles. The first-order chi connectivity index (χ1) is 13.1. The molecule has 0 saturated carbocycles. The highest BCUT2D eigenvalue weighted by Gasteiger charge is 2.10. The van der Waals surface area contributed by atoms with Crippen LogP contribution >= 0.6 is 0 Å². The van der Waals surface area contributed by atoms with Gasteiger partial charge in [0.05, 0.1) is 19.5 Å². The lowest BCUT2D eigenvalue weighted by atomic mass is 10.1. The maximum absolute atomic E-state index is 12.6. The number of rotatable bonds is 5. The van der Waals surface area contributed by atoms with Crippen LogP contribution in [0.1, 0.15) is 5.56 Å². The Bertz CT molecular complexity index is 1170. The topological polar surface area (TPSA) is 61.5 Å². The number of ether oxygens (including phenoxy) is 1. The van der Waals surface area contributed by atoms with E-state index in [9.17, 15) is 4.79 Å². The Hall–Kier alpha value is -3.25. The van der Waals surface area contributed by atoms with E-state index < -0.39 is 0 Å². The van der Waals surface area contributed by atoms with E-state index in [1.54, 1.807) is 19.2 Å². The number of aromatic nitrogens is 3. The van der Waals surface area contributed by atoms with Crippen molar-refractivity contribution in [1.29, 1.82) is 0 Å².